The summed E-state index contributed by atoms with van der Waals surface area (Å²) >= 11 is 3.60. The van der Waals surface area contributed by atoms with Crippen molar-refractivity contribution >= 4 is 40.2 Å². The van der Waals surface area contributed by atoms with Crippen molar-refractivity contribution in [3.05, 3.63) is 46.9 Å². The normalized spacial score (nSPS) is 11.9. The van der Waals surface area contributed by atoms with Gasteiger partial charge in [0.05, 0.1) is 34.8 Å². The molecule has 9 heteroatoms. The molecule has 0 bridgehead atoms. The van der Waals surface area contributed by atoms with E-state index >= 15 is 0 Å². The van der Waals surface area contributed by atoms with Crippen LogP contribution in [0.15, 0.2) is 34.9 Å². The van der Waals surface area contributed by atoms with Gasteiger partial charge in [-0.3, -0.25) is 9.27 Å². The quantitative estimate of drug-likeness (QED) is 0.606. The van der Waals surface area contributed by atoms with E-state index in [1.165, 1.54) is 18.4 Å². The molecule has 1 aromatic heterocycles. The van der Waals surface area contributed by atoms with Gasteiger partial charge in [0, 0.05) is 0 Å². The Morgan fingerprint density at radius 3 is 2.71 bits per heavy atom. The molecule has 2 aromatic rings. The number of rotatable bonds is 6. The monoisotopic (exact) mass is 330 g/mol. The highest BCUT2D eigenvalue weighted by Crippen LogP contribution is 2.30. The minimum atomic E-state index is -2.35. The summed E-state index contributed by atoms with van der Waals surface area (Å²) in [5.74, 6) is -0.568. The largest absolute Gasteiger partial charge is 0.478 e. The molecule has 0 amide bonds. The summed E-state index contributed by atoms with van der Waals surface area (Å²) in [6, 6.07) is 6.00. The third-order valence-electron chi connectivity index (χ3n) is 2.57. The Balaban J connectivity index is 2.29. The second kappa shape index (κ2) is 6.61. The molecule has 0 radical (unpaired) electrons. The first kappa shape index (κ1) is 15.4. The van der Waals surface area contributed by atoms with Gasteiger partial charge in [0.2, 0.25) is 0 Å². The van der Waals surface area contributed by atoms with Gasteiger partial charge < -0.3 is 14.8 Å². The number of hydrogen-bond donors (Lipinski definition) is 4. The van der Waals surface area contributed by atoms with Crippen molar-refractivity contribution < 1.29 is 23.1 Å². The maximum atomic E-state index is 11.3. The lowest BCUT2D eigenvalue weighted by Gasteiger charge is -2.12. The standard InChI is InChI=1S/C12H11ClN2O5S/c13-9-5-10(14-6-7-2-1-3-20-7)8(12(16)17)4-11(9)15-21(18)19/h1-5,14-15H,6H2,(H,16,17)(H,18,19). The highest BCUT2D eigenvalue weighted by Gasteiger charge is 2.15. The van der Waals surface area contributed by atoms with Crippen LogP contribution >= 0.6 is 11.6 Å². The van der Waals surface area contributed by atoms with Crippen molar-refractivity contribution in [2.75, 3.05) is 10.0 Å². The van der Waals surface area contributed by atoms with Crippen LogP contribution in [-0.4, -0.2) is 19.8 Å². The Hall–Kier alpha value is -2.03. The lowest BCUT2D eigenvalue weighted by atomic mass is 10.1. The zero-order valence-corrected chi connectivity index (χ0v) is 12.1. The van der Waals surface area contributed by atoms with E-state index in [1.54, 1.807) is 12.1 Å². The number of halogens is 1. The first-order chi connectivity index (χ1) is 9.97. The zero-order chi connectivity index (χ0) is 15.4. The molecule has 0 fully saturated rings. The molecule has 112 valence electrons. The smallest absolute Gasteiger partial charge is 0.337 e. The molecule has 2 rings (SSSR count). The summed E-state index contributed by atoms with van der Waals surface area (Å²) in [6.07, 6.45) is 1.51. The zero-order valence-electron chi connectivity index (χ0n) is 10.5. The fraction of sp³-hybridized carbons (Fsp3) is 0.0833. The number of carboxylic acids is 1. The number of nitrogens with one attached hydrogen (secondary N) is 2. The van der Waals surface area contributed by atoms with Gasteiger partial charge in [0.15, 0.2) is 0 Å². The maximum Gasteiger partial charge on any atom is 0.337 e. The fourth-order valence-electron chi connectivity index (χ4n) is 1.66. The molecule has 21 heavy (non-hydrogen) atoms. The van der Waals surface area contributed by atoms with Gasteiger partial charge in [-0.05, 0) is 24.3 Å². The van der Waals surface area contributed by atoms with E-state index < -0.39 is 17.2 Å². The Kier molecular flexibility index (Phi) is 4.84. The Morgan fingerprint density at radius 1 is 1.38 bits per heavy atom. The van der Waals surface area contributed by atoms with E-state index in [0.717, 1.165) is 0 Å². The molecular weight excluding hydrogens is 320 g/mol. The fourth-order valence-corrected chi connectivity index (χ4v) is 2.29. The SMILES string of the molecule is O=C(O)c1cc(NS(=O)O)c(Cl)cc1NCc1ccco1. The van der Waals surface area contributed by atoms with E-state index in [0.29, 0.717) is 5.76 Å². The molecular formula is C12H11ClN2O5S. The van der Waals surface area contributed by atoms with Gasteiger partial charge in [-0.1, -0.05) is 11.6 Å². The van der Waals surface area contributed by atoms with Crippen LogP contribution in [0.25, 0.3) is 0 Å². The molecule has 1 atom stereocenters. The van der Waals surface area contributed by atoms with Gasteiger partial charge in [0.1, 0.15) is 5.76 Å². The average molecular weight is 331 g/mol. The van der Waals surface area contributed by atoms with E-state index in [-0.39, 0.29) is 28.5 Å². The summed E-state index contributed by atoms with van der Waals surface area (Å²) < 4.78 is 26.8. The Bertz CT molecular complexity index is 675. The summed E-state index contributed by atoms with van der Waals surface area (Å²) in [7, 11) is 0. The third kappa shape index (κ3) is 3.97. The van der Waals surface area contributed by atoms with Crippen LogP contribution in [0.1, 0.15) is 16.1 Å². The van der Waals surface area contributed by atoms with Crippen LogP contribution in [0.3, 0.4) is 0 Å². The number of carbonyl (C=O) groups is 1. The molecule has 4 N–H and O–H groups in total. The van der Waals surface area contributed by atoms with E-state index in [9.17, 15) is 14.1 Å². The highest BCUT2D eigenvalue weighted by atomic mass is 35.5. The molecule has 0 aliphatic carbocycles. The maximum absolute atomic E-state index is 11.3. The number of hydrogen-bond acceptors (Lipinski definition) is 4. The highest BCUT2D eigenvalue weighted by molar-refractivity contribution is 7.80. The summed E-state index contributed by atoms with van der Waals surface area (Å²) in [5.41, 5.74) is 0.246. The summed E-state index contributed by atoms with van der Waals surface area (Å²) in [5, 5.41) is 12.2. The lowest BCUT2D eigenvalue weighted by Crippen LogP contribution is -2.09. The minimum Gasteiger partial charge on any atom is -0.478 e. The Labute approximate surface area is 127 Å². The topological polar surface area (TPSA) is 112 Å². The van der Waals surface area contributed by atoms with Crippen molar-refractivity contribution in [2.45, 2.75) is 6.54 Å². The molecule has 0 spiro atoms. The van der Waals surface area contributed by atoms with Crippen LogP contribution < -0.4 is 10.0 Å². The van der Waals surface area contributed by atoms with Crippen LogP contribution in [0.2, 0.25) is 5.02 Å². The van der Waals surface area contributed by atoms with Crippen LogP contribution in [-0.2, 0) is 17.8 Å². The number of anilines is 2. The van der Waals surface area contributed by atoms with E-state index in [4.69, 9.17) is 20.6 Å². The van der Waals surface area contributed by atoms with Crippen molar-refractivity contribution in [3.63, 3.8) is 0 Å². The van der Waals surface area contributed by atoms with Crippen molar-refractivity contribution in [1.29, 1.82) is 0 Å². The van der Waals surface area contributed by atoms with Gasteiger partial charge in [0.25, 0.3) is 11.3 Å². The lowest BCUT2D eigenvalue weighted by molar-refractivity contribution is 0.0698. The number of benzene rings is 1. The molecule has 1 aromatic carbocycles. The number of carboxylic acid groups (broad SMARTS) is 1. The van der Waals surface area contributed by atoms with Gasteiger partial charge in [-0.2, -0.15) is 0 Å². The second-order valence-electron chi connectivity index (χ2n) is 3.97. The molecule has 0 aliphatic rings. The first-order valence-electron chi connectivity index (χ1n) is 5.68. The molecule has 7 nitrogen and oxygen atoms in total. The molecule has 0 saturated carbocycles. The van der Waals surface area contributed by atoms with Gasteiger partial charge in [-0.25, -0.2) is 9.00 Å². The molecule has 1 unspecified atom stereocenters. The van der Waals surface area contributed by atoms with Crippen molar-refractivity contribution in [1.82, 2.24) is 0 Å². The van der Waals surface area contributed by atoms with Gasteiger partial charge in [-0.15, -0.1) is 0 Å². The molecule has 1 heterocycles. The van der Waals surface area contributed by atoms with Crippen LogP contribution in [0.4, 0.5) is 11.4 Å². The molecule has 0 aliphatic heterocycles. The predicted octanol–water partition coefficient (Wildman–Crippen LogP) is 2.79. The summed E-state index contributed by atoms with van der Waals surface area (Å²) in [6.45, 7) is 0.280. The average Bonchev–Trinajstić information content (AvgIpc) is 2.91. The molecule has 0 saturated heterocycles. The van der Waals surface area contributed by atoms with Gasteiger partial charge >= 0.3 is 5.97 Å². The van der Waals surface area contributed by atoms with Crippen LogP contribution in [0, 0.1) is 0 Å². The van der Waals surface area contributed by atoms with Crippen molar-refractivity contribution in [3.8, 4) is 0 Å². The van der Waals surface area contributed by atoms with Crippen molar-refractivity contribution in [2.24, 2.45) is 0 Å². The first-order valence-corrected chi connectivity index (χ1v) is 7.16. The number of furan rings is 1. The Morgan fingerprint density at radius 2 is 2.14 bits per heavy atom. The predicted molar refractivity (Wildman–Crippen MR) is 78.8 cm³/mol. The third-order valence-corrected chi connectivity index (χ3v) is 3.28. The van der Waals surface area contributed by atoms with Crippen LogP contribution in [0.5, 0.6) is 0 Å². The minimum absolute atomic E-state index is 0.0541. The van der Waals surface area contributed by atoms with E-state index in [2.05, 4.69) is 10.0 Å². The summed E-state index contributed by atoms with van der Waals surface area (Å²) in [4.78, 5) is 11.3. The second-order valence-corrected chi connectivity index (χ2v) is 5.08. The van der Waals surface area contributed by atoms with E-state index in [1.807, 2.05) is 0 Å². The number of aromatic carboxylic acids is 1.